The molecular weight excluding hydrogens is 260 g/mol. The van der Waals surface area contributed by atoms with Crippen molar-refractivity contribution in [3.63, 3.8) is 0 Å². The maximum absolute atomic E-state index is 11.3. The Balaban J connectivity index is 1.86. The van der Waals surface area contributed by atoms with Crippen LogP contribution in [0.1, 0.15) is 33.5 Å². The van der Waals surface area contributed by atoms with Gasteiger partial charge in [-0.15, -0.1) is 11.3 Å². The van der Waals surface area contributed by atoms with Crippen molar-refractivity contribution in [2.75, 3.05) is 7.11 Å². The number of H-pyrrole nitrogens is 1. The zero-order valence-corrected chi connectivity index (χ0v) is 12.0. The summed E-state index contributed by atoms with van der Waals surface area (Å²) in [6.45, 7) is 3.73. The summed E-state index contributed by atoms with van der Waals surface area (Å²) >= 11 is 1.78. The molecule has 2 aromatic rings. The number of aromatic amines is 1. The fourth-order valence-electron chi connectivity index (χ4n) is 1.92. The van der Waals surface area contributed by atoms with Gasteiger partial charge in [0.05, 0.1) is 7.11 Å². The number of carbonyl (C=O) groups is 1. The first kappa shape index (κ1) is 13.8. The van der Waals surface area contributed by atoms with Crippen LogP contribution in [0.15, 0.2) is 23.6 Å². The molecule has 0 saturated heterocycles. The van der Waals surface area contributed by atoms with Crippen molar-refractivity contribution in [1.82, 2.24) is 10.3 Å². The van der Waals surface area contributed by atoms with E-state index in [9.17, 15) is 4.79 Å². The number of methoxy groups -OCH3 is 1. The molecule has 0 aliphatic carbocycles. The molecule has 5 heteroatoms. The summed E-state index contributed by atoms with van der Waals surface area (Å²) in [5, 5.41) is 5.50. The third-order valence-electron chi connectivity index (χ3n) is 2.97. The van der Waals surface area contributed by atoms with E-state index in [-0.39, 0.29) is 5.97 Å². The first-order valence-corrected chi connectivity index (χ1v) is 7.14. The lowest BCUT2D eigenvalue weighted by molar-refractivity contribution is 0.0594. The van der Waals surface area contributed by atoms with Crippen LogP contribution in [0.4, 0.5) is 0 Å². The van der Waals surface area contributed by atoms with Gasteiger partial charge < -0.3 is 15.0 Å². The van der Waals surface area contributed by atoms with E-state index in [2.05, 4.69) is 33.4 Å². The van der Waals surface area contributed by atoms with Crippen molar-refractivity contribution in [3.8, 4) is 0 Å². The Morgan fingerprint density at radius 2 is 2.21 bits per heavy atom. The van der Waals surface area contributed by atoms with Gasteiger partial charge in [0.15, 0.2) is 0 Å². The van der Waals surface area contributed by atoms with Crippen molar-refractivity contribution < 1.29 is 9.53 Å². The molecule has 0 saturated carbocycles. The predicted molar refractivity (Wildman–Crippen MR) is 76.4 cm³/mol. The zero-order valence-electron chi connectivity index (χ0n) is 11.2. The molecule has 0 bridgehead atoms. The summed E-state index contributed by atoms with van der Waals surface area (Å²) in [5.41, 5.74) is 2.87. The molecule has 2 N–H and O–H groups in total. The highest BCUT2D eigenvalue weighted by molar-refractivity contribution is 7.10. The van der Waals surface area contributed by atoms with E-state index in [1.165, 1.54) is 17.6 Å². The molecule has 0 fully saturated rings. The summed E-state index contributed by atoms with van der Waals surface area (Å²) in [6.07, 6.45) is 1.06. The molecule has 2 heterocycles. The second kappa shape index (κ2) is 6.54. The largest absolute Gasteiger partial charge is 0.464 e. The molecule has 0 spiro atoms. The number of esters is 1. The molecule has 0 unspecified atom stereocenters. The highest BCUT2D eigenvalue weighted by Crippen LogP contribution is 2.17. The maximum atomic E-state index is 11.3. The van der Waals surface area contributed by atoms with Gasteiger partial charge in [-0.25, -0.2) is 4.79 Å². The second-order valence-electron chi connectivity index (χ2n) is 4.21. The van der Waals surface area contributed by atoms with Gasteiger partial charge in [-0.05, 0) is 35.6 Å². The number of ether oxygens (including phenoxy) is 1. The van der Waals surface area contributed by atoms with Gasteiger partial charge in [-0.3, -0.25) is 0 Å². The average Bonchev–Trinajstić information content (AvgIpc) is 3.06. The molecule has 0 radical (unpaired) electrons. The summed E-state index contributed by atoms with van der Waals surface area (Å²) in [7, 11) is 1.38. The highest BCUT2D eigenvalue weighted by Gasteiger charge is 2.08. The number of aryl methyl sites for hydroxylation is 1. The molecule has 19 heavy (non-hydrogen) atoms. The van der Waals surface area contributed by atoms with E-state index in [1.807, 2.05) is 6.07 Å². The predicted octanol–water partition coefficient (Wildman–Crippen LogP) is 2.72. The van der Waals surface area contributed by atoms with Gasteiger partial charge >= 0.3 is 5.97 Å². The third kappa shape index (κ3) is 3.45. The number of hydrogen-bond acceptors (Lipinski definition) is 4. The molecular formula is C14H18N2O2S. The van der Waals surface area contributed by atoms with Gasteiger partial charge in [0, 0.05) is 23.7 Å². The molecule has 0 aromatic carbocycles. The van der Waals surface area contributed by atoms with Gasteiger partial charge in [-0.2, -0.15) is 0 Å². The van der Waals surface area contributed by atoms with Crippen molar-refractivity contribution in [1.29, 1.82) is 0 Å². The zero-order chi connectivity index (χ0) is 13.7. The Labute approximate surface area is 116 Å². The first-order valence-electron chi connectivity index (χ1n) is 6.26. The summed E-state index contributed by atoms with van der Waals surface area (Å²) < 4.78 is 4.65. The Hall–Kier alpha value is -1.59. The van der Waals surface area contributed by atoms with Crippen molar-refractivity contribution >= 4 is 17.3 Å². The van der Waals surface area contributed by atoms with Gasteiger partial charge in [0.2, 0.25) is 0 Å². The normalized spacial score (nSPS) is 10.6. The topological polar surface area (TPSA) is 54.1 Å². The standard InChI is InChI=1S/C14H18N2O2S/c1-3-10-6-7-19-13(10)9-15-8-11-4-5-12(16-11)14(17)18-2/h4-7,15-16H,3,8-9H2,1-2H3. The molecule has 2 aromatic heterocycles. The molecule has 2 rings (SSSR count). The van der Waals surface area contributed by atoms with Crippen molar-refractivity contribution in [3.05, 3.63) is 45.4 Å². The molecule has 102 valence electrons. The second-order valence-corrected chi connectivity index (χ2v) is 5.22. The quantitative estimate of drug-likeness (QED) is 0.799. The third-order valence-corrected chi connectivity index (χ3v) is 3.93. The molecule has 0 amide bonds. The van der Waals surface area contributed by atoms with E-state index >= 15 is 0 Å². The number of thiophene rings is 1. The minimum absolute atomic E-state index is 0.335. The Bertz CT molecular complexity index is 545. The maximum Gasteiger partial charge on any atom is 0.354 e. The van der Waals surface area contributed by atoms with Crippen LogP contribution in [0.2, 0.25) is 0 Å². The Kier molecular flexibility index (Phi) is 4.76. The lowest BCUT2D eigenvalue weighted by Crippen LogP contribution is -2.13. The molecule has 0 aliphatic rings. The first-order chi connectivity index (χ1) is 9.24. The van der Waals surface area contributed by atoms with E-state index < -0.39 is 0 Å². The van der Waals surface area contributed by atoms with Gasteiger partial charge in [0.1, 0.15) is 5.69 Å². The van der Waals surface area contributed by atoms with Crippen LogP contribution in [-0.4, -0.2) is 18.1 Å². The van der Waals surface area contributed by atoms with E-state index in [0.29, 0.717) is 12.2 Å². The van der Waals surface area contributed by atoms with Crippen LogP contribution in [0.25, 0.3) is 0 Å². The number of carbonyl (C=O) groups excluding carboxylic acids is 1. The van der Waals surface area contributed by atoms with Crippen molar-refractivity contribution in [2.24, 2.45) is 0 Å². The molecule has 0 aliphatic heterocycles. The lowest BCUT2D eigenvalue weighted by Gasteiger charge is -2.04. The highest BCUT2D eigenvalue weighted by atomic mass is 32.1. The fraction of sp³-hybridized carbons (Fsp3) is 0.357. The Morgan fingerprint density at radius 3 is 2.95 bits per heavy atom. The summed E-state index contributed by atoms with van der Waals surface area (Å²) in [5.74, 6) is -0.335. The number of aromatic nitrogens is 1. The van der Waals surface area contributed by atoms with E-state index in [4.69, 9.17) is 0 Å². The molecule has 4 nitrogen and oxygen atoms in total. The lowest BCUT2D eigenvalue weighted by atomic mass is 10.2. The smallest absolute Gasteiger partial charge is 0.354 e. The number of hydrogen-bond donors (Lipinski definition) is 2. The Morgan fingerprint density at radius 1 is 1.37 bits per heavy atom. The minimum atomic E-state index is -0.335. The van der Waals surface area contributed by atoms with Gasteiger partial charge in [-0.1, -0.05) is 6.92 Å². The van der Waals surface area contributed by atoms with Crippen LogP contribution < -0.4 is 5.32 Å². The van der Waals surface area contributed by atoms with Crippen LogP contribution in [0, 0.1) is 0 Å². The average molecular weight is 278 g/mol. The van der Waals surface area contributed by atoms with Crippen LogP contribution >= 0.6 is 11.3 Å². The summed E-state index contributed by atoms with van der Waals surface area (Å²) in [4.78, 5) is 15.7. The number of rotatable bonds is 6. The fourth-order valence-corrected chi connectivity index (χ4v) is 2.87. The van der Waals surface area contributed by atoms with E-state index in [1.54, 1.807) is 17.4 Å². The van der Waals surface area contributed by atoms with Crippen LogP contribution in [0.5, 0.6) is 0 Å². The SMILES string of the molecule is CCc1ccsc1CNCc1ccc(C(=O)OC)[nH]1. The molecule has 0 atom stereocenters. The van der Waals surface area contributed by atoms with Crippen LogP contribution in [-0.2, 0) is 24.2 Å². The summed E-state index contributed by atoms with van der Waals surface area (Å²) in [6, 6.07) is 5.81. The number of nitrogens with one attached hydrogen (secondary N) is 2. The van der Waals surface area contributed by atoms with Gasteiger partial charge in [0.25, 0.3) is 0 Å². The van der Waals surface area contributed by atoms with Crippen molar-refractivity contribution in [2.45, 2.75) is 26.4 Å². The van der Waals surface area contributed by atoms with E-state index in [0.717, 1.165) is 18.7 Å². The van der Waals surface area contributed by atoms with Crippen LogP contribution in [0.3, 0.4) is 0 Å². The monoisotopic (exact) mass is 278 g/mol. The minimum Gasteiger partial charge on any atom is -0.464 e.